The van der Waals surface area contributed by atoms with Crippen molar-refractivity contribution in [3.05, 3.63) is 66.2 Å². The SMILES string of the molecule is CCCCC1(c2ccccc2)N=C(N)N(CC2CCN(C(=O)COc3ccccc3)CC2)C1=O. The minimum Gasteiger partial charge on any atom is -0.484 e. The predicted octanol–water partition coefficient (Wildman–Crippen LogP) is 3.55. The molecule has 0 spiro atoms. The number of rotatable bonds is 9. The predicted molar refractivity (Wildman–Crippen MR) is 132 cm³/mol. The first kappa shape index (κ1) is 23.8. The zero-order chi connectivity index (χ0) is 24.0. The van der Waals surface area contributed by atoms with Crippen molar-refractivity contribution >= 4 is 17.8 Å². The largest absolute Gasteiger partial charge is 0.484 e. The number of benzene rings is 2. The molecule has 2 aromatic carbocycles. The summed E-state index contributed by atoms with van der Waals surface area (Å²) in [6, 6.07) is 19.1. The smallest absolute Gasteiger partial charge is 0.261 e. The average Bonchev–Trinajstić information content (AvgIpc) is 3.12. The van der Waals surface area contributed by atoms with Crippen molar-refractivity contribution in [3.63, 3.8) is 0 Å². The van der Waals surface area contributed by atoms with Crippen LogP contribution >= 0.6 is 0 Å². The van der Waals surface area contributed by atoms with Crippen molar-refractivity contribution in [3.8, 4) is 5.75 Å². The third-order valence-electron chi connectivity index (χ3n) is 6.84. The van der Waals surface area contributed by atoms with E-state index in [0.717, 1.165) is 31.2 Å². The van der Waals surface area contributed by atoms with Gasteiger partial charge in [0.05, 0.1) is 0 Å². The molecule has 0 bridgehead atoms. The zero-order valence-electron chi connectivity index (χ0n) is 19.9. The molecule has 1 unspecified atom stereocenters. The van der Waals surface area contributed by atoms with E-state index in [1.165, 1.54) is 0 Å². The Hall–Kier alpha value is -3.35. The van der Waals surface area contributed by atoms with E-state index in [2.05, 4.69) is 6.92 Å². The van der Waals surface area contributed by atoms with E-state index in [9.17, 15) is 9.59 Å². The molecule has 2 aliphatic rings. The van der Waals surface area contributed by atoms with Crippen molar-refractivity contribution in [2.45, 2.75) is 44.6 Å². The van der Waals surface area contributed by atoms with Gasteiger partial charge in [0.1, 0.15) is 5.75 Å². The lowest BCUT2D eigenvalue weighted by Gasteiger charge is -2.34. The molecule has 4 rings (SSSR count). The van der Waals surface area contributed by atoms with Crippen LogP contribution in [0, 0.1) is 5.92 Å². The van der Waals surface area contributed by atoms with E-state index < -0.39 is 5.54 Å². The summed E-state index contributed by atoms with van der Waals surface area (Å²) in [4.78, 5) is 34.5. The van der Waals surface area contributed by atoms with Crippen LogP contribution in [-0.4, -0.2) is 53.8 Å². The van der Waals surface area contributed by atoms with Gasteiger partial charge in [0.15, 0.2) is 18.1 Å². The number of hydrogen-bond donors (Lipinski definition) is 1. The number of nitrogens with two attached hydrogens (primary N) is 1. The Morgan fingerprint density at radius 2 is 1.74 bits per heavy atom. The van der Waals surface area contributed by atoms with E-state index in [4.69, 9.17) is 15.5 Å². The van der Waals surface area contributed by atoms with Gasteiger partial charge in [-0.3, -0.25) is 14.5 Å². The minimum atomic E-state index is -0.924. The quantitative estimate of drug-likeness (QED) is 0.617. The van der Waals surface area contributed by atoms with Crippen LogP contribution in [0.1, 0.15) is 44.6 Å². The lowest BCUT2D eigenvalue weighted by atomic mass is 9.84. The molecular weight excluding hydrogens is 428 g/mol. The topological polar surface area (TPSA) is 88.2 Å². The van der Waals surface area contributed by atoms with Crippen LogP contribution in [0.3, 0.4) is 0 Å². The van der Waals surface area contributed by atoms with Gasteiger partial charge in [-0.15, -0.1) is 0 Å². The Labute approximate surface area is 201 Å². The number of carbonyl (C=O) groups excluding carboxylic acids is 2. The molecule has 2 aliphatic heterocycles. The number of para-hydroxylation sites is 1. The summed E-state index contributed by atoms with van der Waals surface area (Å²) in [5, 5.41) is 0. The van der Waals surface area contributed by atoms with Gasteiger partial charge in [0, 0.05) is 19.6 Å². The van der Waals surface area contributed by atoms with Gasteiger partial charge in [-0.05, 0) is 42.9 Å². The molecule has 0 saturated carbocycles. The summed E-state index contributed by atoms with van der Waals surface area (Å²) in [7, 11) is 0. The normalized spacial score (nSPS) is 21.0. The lowest BCUT2D eigenvalue weighted by molar-refractivity contribution is -0.136. The Morgan fingerprint density at radius 1 is 1.09 bits per heavy atom. The molecule has 180 valence electrons. The van der Waals surface area contributed by atoms with Crippen LogP contribution in [0.2, 0.25) is 0 Å². The molecule has 1 saturated heterocycles. The summed E-state index contributed by atoms with van der Waals surface area (Å²) in [6.07, 6.45) is 4.18. The molecule has 0 radical (unpaired) electrons. The first-order valence-corrected chi connectivity index (χ1v) is 12.2. The molecule has 7 nitrogen and oxygen atoms in total. The van der Waals surface area contributed by atoms with Crippen LogP contribution in [0.5, 0.6) is 5.75 Å². The number of ether oxygens (including phenoxy) is 1. The maximum Gasteiger partial charge on any atom is 0.261 e. The number of piperidine rings is 1. The van der Waals surface area contributed by atoms with Gasteiger partial charge >= 0.3 is 0 Å². The average molecular weight is 463 g/mol. The number of guanidine groups is 1. The van der Waals surface area contributed by atoms with Crippen molar-refractivity contribution in [1.29, 1.82) is 0 Å². The molecule has 2 heterocycles. The molecule has 2 aromatic rings. The van der Waals surface area contributed by atoms with Gasteiger partial charge in [-0.25, -0.2) is 4.99 Å². The molecule has 0 aromatic heterocycles. The molecular formula is C27H34N4O3. The summed E-state index contributed by atoms with van der Waals surface area (Å²) >= 11 is 0. The second kappa shape index (κ2) is 10.7. The number of hydrogen-bond acceptors (Lipinski definition) is 5. The zero-order valence-corrected chi connectivity index (χ0v) is 19.9. The van der Waals surface area contributed by atoms with Crippen LogP contribution < -0.4 is 10.5 Å². The van der Waals surface area contributed by atoms with Crippen LogP contribution in [0.4, 0.5) is 0 Å². The van der Waals surface area contributed by atoms with Crippen molar-refractivity contribution in [2.24, 2.45) is 16.6 Å². The molecule has 1 fully saturated rings. The number of aliphatic imine (C=N–C) groups is 1. The highest BCUT2D eigenvalue weighted by Gasteiger charge is 2.49. The summed E-state index contributed by atoms with van der Waals surface area (Å²) in [6.45, 7) is 4.00. The van der Waals surface area contributed by atoms with Crippen LogP contribution in [0.25, 0.3) is 0 Å². The number of carbonyl (C=O) groups is 2. The van der Waals surface area contributed by atoms with Crippen molar-refractivity contribution < 1.29 is 14.3 Å². The third kappa shape index (κ3) is 5.08. The van der Waals surface area contributed by atoms with Gasteiger partial charge in [0.25, 0.3) is 11.8 Å². The summed E-state index contributed by atoms with van der Waals surface area (Å²) in [5.41, 5.74) is 6.29. The van der Waals surface area contributed by atoms with E-state index in [1.807, 2.05) is 65.6 Å². The Morgan fingerprint density at radius 3 is 2.38 bits per heavy atom. The maximum absolute atomic E-state index is 13.7. The Kier molecular flexibility index (Phi) is 7.50. The first-order valence-electron chi connectivity index (χ1n) is 12.2. The Balaban J connectivity index is 1.34. The standard InChI is InChI=1S/C27H34N4O3/c1-2-3-16-27(22-10-6-4-7-11-22)25(33)31(26(28)29-27)19-21-14-17-30(18-15-21)24(32)20-34-23-12-8-5-9-13-23/h4-13,21H,2-3,14-20H2,1H3,(H2,28,29). The fourth-order valence-corrected chi connectivity index (χ4v) is 4.83. The third-order valence-corrected chi connectivity index (χ3v) is 6.84. The van der Waals surface area contributed by atoms with Crippen molar-refractivity contribution in [1.82, 2.24) is 9.80 Å². The van der Waals surface area contributed by atoms with Crippen LogP contribution in [0.15, 0.2) is 65.7 Å². The Bertz CT molecular complexity index is 1000. The number of likely N-dealkylation sites (tertiary alicyclic amines) is 1. The number of unbranched alkanes of at least 4 members (excludes halogenated alkanes) is 1. The molecule has 7 heteroatoms. The fraction of sp³-hybridized carbons (Fsp3) is 0.444. The number of amides is 2. The monoisotopic (exact) mass is 462 g/mol. The highest BCUT2D eigenvalue weighted by atomic mass is 16.5. The van der Waals surface area contributed by atoms with Gasteiger partial charge in [-0.1, -0.05) is 68.3 Å². The second-order valence-electron chi connectivity index (χ2n) is 9.14. The van der Waals surface area contributed by atoms with Gasteiger partial charge in [-0.2, -0.15) is 0 Å². The summed E-state index contributed by atoms with van der Waals surface area (Å²) in [5.74, 6) is 1.23. The van der Waals surface area contributed by atoms with E-state index in [0.29, 0.717) is 37.8 Å². The minimum absolute atomic E-state index is 0.0108. The van der Waals surface area contributed by atoms with Crippen LogP contribution in [-0.2, 0) is 15.1 Å². The molecule has 2 amide bonds. The molecule has 34 heavy (non-hydrogen) atoms. The lowest BCUT2D eigenvalue weighted by Crippen LogP contribution is -2.48. The molecule has 0 aliphatic carbocycles. The molecule has 1 atom stereocenters. The van der Waals surface area contributed by atoms with E-state index in [-0.39, 0.29) is 24.3 Å². The number of nitrogens with zero attached hydrogens (tertiary/aromatic N) is 3. The fourth-order valence-electron chi connectivity index (χ4n) is 4.83. The van der Waals surface area contributed by atoms with Gasteiger partial charge in [0.2, 0.25) is 0 Å². The first-order chi connectivity index (χ1) is 16.5. The highest BCUT2D eigenvalue weighted by Crippen LogP contribution is 2.38. The van der Waals surface area contributed by atoms with Crippen molar-refractivity contribution in [2.75, 3.05) is 26.2 Å². The van der Waals surface area contributed by atoms with E-state index in [1.54, 1.807) is 4.90 Å². The van der Waals surface area contributed by atoms with Gasteiger partial charge < -0.3 is 15.4 Å². The summed E-state index contributed by atoms with van der Waals surface area (Å²) < 4.78 is 5.60. The highest BCUT2D eigenvalue weighted by molar-refractivity contribution is 6.07. The van der Waals surface area contributed by atoms with E-state index >= 15 is 0 Å². The second-order valence-corrected chi connectivity index (χ2v) is 9.14. The molecule has 2 N–H and O–H groups in total. The maximum atomic E-state index is 13.7.